The first-order chi connectivity index (χ1) is 6.35. The molecule has 0 heterocycles. The zero-order chi connectivity index (χ0) is 12.0. The lowest BCUT2D eigenvalue weighted by atomic mass is 9.71. The van der Waals surface area contributed by atoms with Gasteiger partial charge >= 0.3 is 0 Å². The molecule has 0 aliphatic heterocycles. The van der Waals surface area contributed by atoms with Crippen LogP contribution in [0.25, 0.3) is 0 Å². The van der Waals surface area contributed by atoms with Crippen molar-refractivity contribution in [3.8, 4) is 0 Å². The van der Waals surface area contributed by atoms with E-state index in [0.29, 0.717) is 10.8 Å². The first-order valence-corrected chi connectivity index (χ1v) is 6.35. The standard InChI is InChI=1S/C10H20.2C2H6/c1-8-6-9(2,3)10(4,5)7-8;2*1-2/h8H,6-7H2,1-5H3;2*1-2H3. The van der Waals surface area contributed by atoms with Crippen molar-refractivity contribution in [1.29, 1.82) is 0 Å². The van der Waals surface area contributed by atoms with Crippen molar-refractivity contribution in [3.63, 3.8) is 0 Å². The van der Waals surface area contributed by atoms with E-state index < -0.39 is 0 Å². The van der Waals surface area contributed by atoms with Gasteiger partial charge in [-0.25, -0.2) is 0 Å². The highest BCUT2D eigenvalue weighted by molar-refractivity contribution is 4.94. The van der Waals surface area contributed by atoms with E-state index in [1.54, 1.807) is 0 Å². The third-order valence-electron chi connectivity index (χ3n) is 3.55. The van der Waals surface area contributed by atoms with Gasteiger partial charge < -0.3 is 0 Å². The second-order valence-corrected chi connectivity index (χ2v) is 5.28. The highest BCUT2D eigenvalue weighted by Gasteiger charge is 2.44. The van der Waals surface area contributed by atoms with Crippen LogP contribution in [0.4, 0.5) is 0 Å². The minimum absolute atomic E-state index is 0.562. The molecule has 0 heteroatoms. The van der Waals surface area contributed by atoms with E-state index in [2.05, 4.69) is 34.6 Å². The zero-order valence-electron chi connectivity index (χ0n) is 12.0. The summed E-state index contributed by atoms with van der Waals surface area (Å²) in [6.07, 6.45) is 2.81. The molecule has 0 unspecified atom stereocenters. The molecule has 0 N–H and O–H groups in total. The van der Waals surface area contributed by atoms with Crippen LogP contribution in [-0.2, 0) is 0 Å². The number of hydrogen-bond donors (Lipinski definition) is 0. The van der Waals surface area contributed by atoms with Crippen LogP contribution < -0.4 is 0 Å². The summed E-state index contributed by atoms with van der Waals surface area (Å²) in [5.41, 5.74) is 1.12. The van der Waals surface area contributed by atoms with Gasteiger partial charge in [0.05, 0.1) is 0 Å². The van der Waals surface area contributed by atoms with Gasteiger partial charge in [-0.2, -0.15) is 0 Å². The Kier molecular flexibility index (Phi) is 7.60. The van der Waals surface area contributed by atoms with E-state index in [0.717, 1.165) is 5.92 Å². The maximum absolute atomic E-state index is 2.40. The molecule has 0 nitrogen and oxygen atoms in total. The minimum Gasteiger partial charge on any atom is -0.0683 e. The van der Waals surface area contributed by atoms with Crippen LogP contribution in [0.5, 0.6) is 0 Å². The second-order valence-electron chi connectivity index (χ2n) is 5.28. The van der Waals surface area contributed by atoms with E-state index >= 15 is 0 Å². The lowest BCUT2D eigenvalue weighted by Crippen LogP contribution is -2.25. The van der Waals surface area contributed by atoms with Crippen LogP contribution in [0.2, 0.25) is 0 Å². The van der Waals surface area contributed by atoms with Crippen LogP contribution in [0.3, 0.4) is 0 Å². The summed E-state index contributed by atoms with van der Waals surface area (Å²) in [4.78, 5) is 0. The van der Waals surface area contributed by atoms with Crippen molar-refractivity contribution in [2.45, 2.75) is 75.2 Å². The zero-order valence-corrected chi connectivity index (χ0v) is 12.0. The van der Waals surface area contributed by atoms with Gasteiger partial charge in [0.15, 0.2) is 0 Å². The summed E-state index contributed by atoms with van der Waals surface area (Å²) in [7, 11) is 0. The highest BCUT2D eigenvalue weighted by atomic mass is 14.5. The Morgan fingerprint density at radius 2 is 0.929 bits per heavy atom. The largest absolute Gasteiger partial charge is 0.0683 e. The van der Waals surface area contributed by atoms with Crippen molar-refractivity contribution in [3.05, 3.63) is 0 Å². The third-order valence-corrected chi connectivity index (χ3v) is 3.55. The van der Waals surface area contributed by atoms with E-state index in [1.807, 2.05) is 27.7 Å². The molecular formula is C14H32. The molecule has 1 aliphatic carbocycles. The van der Waals surface area contributed by atoms with Crippen LogP contribution in [0, 0.1) is 16.7 Å². The molecule has 0 aromatic rings. The lowest BCUT2D eigenvalue weighted by Gasteiger charge is -2.34. The van der Waals surface area contributed by atoms with E-state index in [9.17, 15) is 0 Å². The average Bonchev–Trinajstić information content (AvgIpc) is 2.26. The minimum atomic E-state index is 0.562. The normalized spacial score (nSPS) is 22.9. The lowest BCUT2D eigenvalue weighted by molar-refractivity contribution is 0.157. The molecule has 1 fully saturated rings. The SMILES string of the molecule is CC.CC.CC1CC(C)(C)C(C)(C)C1. The summed E-state index contributed by atoms with van der Waals surface area (Å²) < 4.78 is 0. The molecule has 14 heavy (non-hydrogen) atoms. The van der Waals surface area contributed by atoms with Gasteiger partial charge in [-0.15, -0.1) is 0 Å². The predicted molar refractivity (Wildman–Crippen MR) is 68.7 cm³/mol. The van der Waals surface area contributed by atoms with Crippen LogP contribution in [-0.4, -0.2) is 0 Å². The Labute approximate surface area is 92.5 Å². The van der Waals surface area contributed by atoms with Gasteiger partial charge in [-0.3, -0.25) is 0 Å². The average molecular weight is 200 g/mol. The van der Waals surface area contributed by atoms with E-state index in [4.69, 9.17) is 0 Å². The Balaban J connectivity index is 0. The molecule has 0 bridgehead atoms. The molecule has 1 aliphatic rings. The van der Waals surface area contributed by atoms with Gasteiger partial charge in [0.1, 0.15) is 0 Å². The van der Waals surface area contributed by atoms with Crippen LogP contribution >= 0.6 is 0 Å². The second kappa shape index (κ2) is 6.48. The Morgan fingerprint density at radius 3 is 1.00 bits per heavy atom. The molecular weight excluding hydrogens is 168 g/mol. The Morgan fingerprint density at radius 1 is 0.714 bits per heavy atom. The predicted octanol–water partition coefficient (Wildman–Crippen LogP) is 5.52. The maximum atomic E-state index is 2.40. The first kappa shape index (κ1) is 16.4. The maximum Gasteiger partial charge on any atom is -0.0300 e. The molecule has 0 spiro atoms. The highest BCUT2D eigenvalue weighted by Crippen LogP contribution is 2.54. The van der Waals surface area contributed by atoms with Crippen molar-refractivity contribution in [2.75, 3.05) is 0 Å². The van der Waals surface area contributed by atoms with Crippen molar-refractivity contribution in [2.24, 2.45) is 16.7 Å². The number of hydrogen-bond acceptors (Lipinski definition) is 0. The van der Waals surface area contributed by atoms with Crippen LogP contribution in [0.1, 0.15) is 75.2 Å². The molecule has 1 saturated carbocycles. The smallest absolute Gasteiger partial charge is 0.0300 e. The topological polar surface area (TPSA) is 0 Å². The summed E-state index contributed by atoms with van der Waals surface area (Å²) in [5, 5.41) is 0. The van der Waals surface area contributed by atoms with Crippen molar-refractivity contribution in [1.82, 2.24) is 0 Å². The van der Waals surface area contributed by atoms with Gasteiger partial charge in [-0.05, 0) is 29.6 Å². The van der Waals surface area contributed by atoms with Crippen molar-refractivity contribution < 1.29 is 0 Å². The molecule has 0 atom stereocenters. The quantitative estimate of drug-likeness (QED) is 0.483. The van der Waals surface area contributed by atoms with E-state index in [-0.39, 0.29) is 0 Å². The monoisotopic (exact) mass is 200 g/mol. The molecule has 0 aromatic heterocycles. The van der Waals surface area contributed by atoms with Gasteiger partial charge in [-0.1, -0.05) is 62.3 Å². The summed E-state index contributed by atoms with van der Waals surface area (Å²) in [6.45, 7) is 20.0. The van der Waals surface area contributed by atoms with Gasteiger partial charge in [0, 0.05) is 0 Å². The molecule has 0 saturated heterocycles. The fourth-order valence-corrected chi connectivity index (χ4v) is 2.37. The summed E-state index contributed by atoms with van der Waals surface area (Å²) in [6, 6.07) is 0. The Bertz CT molecular complexity index is 115. The van der Waals surface area contributed by atoms with Gasteiger partial charge in [0.25, 0.3) is 0 Å². The van der Waals surface area contributed by atoms with Gasteiger partial charge in [0.2, 0.25) is 0 Å². The molecule has 88 valence electrons. The third kappa shape index (κ3) is 4.02. The van der Waals surface area contributed by atoms with E-state index in [1.165, 1.54) is 12.8 Å². The fourth-order valence-electron chi connectivity index (χ4n) is 2.37. The summed E-state index contributed by atoms with van der Waals surface area (Å²) in [5.74, 6) is 0.935. The first-order valence-electron chi connectivity index (χ1n) is 6.35. The van der Waals surface area contributed by atoms with Crippen molar-refractivity contribution >= 4 is 0 Å². The summed E-state index contributed by atoms with van der Waals surface area (Å²) >= 11 is 0. The molecule has 1 rings (SSSR count). The van der Waals surface area contributed by atoms with Crippen LogP contribution in [0.15, 0.2) is 0 Å². The fraction of sp³-hybridized carbons (Fsp3) is 1.00. The Hall–Kier alpha value is 0. The molecule has 0 radical (unpaired) electrons. The molecule has 0 amide bonds. The number of rotatable bonds is 0. The molecule has 0 aromatic carbocycles.